The monoisotopic (exact) mass is 314 g/mol. The van der Waals surface area contributed by atoms with Gasteiger partial charge in [0.25, 0.3) is 5.56 Å². The molecule has 0 amide bonds. The van der Waals surface area contributed by atoms with Gasteiger partial charge in [-0.1, -0.05) is 6.07 Å². The van der Waals surface area contributed by atoms with Crippen molar-refractivity contribution >= 4 is 16.9 Å². The SMILES string of the molecule is COC(=O)c1ccc2c(=O)n(-c3cccc(F)c3)c(=O)[nH]c2c1. The molecule has 0 saturated carbocycles. The smallest absolute Gasteiger partial charge is 0.337 e. The minimum absolute atomic E-state index is 0.121. The maximum atomic E-state index is 13.3. The van der Waals surface area contributed by atoms with E-state index in [9.17, 15) is 18.8 Å². The molecule has 0 unspecified atom stereocenters. The molecule has 0 fully saturated rings. The third kappa shape index (κ3) is 2.52. The molecule has 0 radical (unpaired) electrons. The first-order valence-electron chi connectivity index (χ1n) is 6.64. The normalized spacial score (nSPS) is 10.7. The van der Waals surface area contributed by atoms with Crippen molar-refractivity contribution in [3.8, 4) is 5.69 Å². The van der Waals surface area contributed by atoms with Gasteiger partial charge in [-0.05, 0) is 36.4 Å². The standard InChI is InChI=1S/C16H11FN2O4/c1-23-15(21)9-5-6-12-13(7-9)18-16(22)19(14(12)20)11-4-2-3-10(17)8-11/h2-8H,1H3,(H,18,22). The second-order valence-corrected chi connectivity index (χ2v) is 4.80. The number of nitrogens with one attached hydrogen (secondary N) is 1. The van der Waals surface area contributed by atoms with Crippen LogP contribution in [0.1, 0.15) is 10.4 Å². The van der Waals surface area contributed by atoms with E-state index in [1.807, 2.05) is 0 Å². The largest absolute Gasteiger partial charge is 0.465 e. The summed E-state index contributed by atoms with van der Waals surface area (Å²) in [5.74, 6) is -1.14. The number of carbonyl (C=O) groups is 1. The molecule has 116 valence electrons. The Balaban J connectivity index is 2.29. The number of esters is 1. The van der Waals surface area contributed by atoms with Gasteiger partial charge in [0.15, 0.2) is 0 Å². The zero-order chi connectivity index (χ0) is 16.6. The lowest BCUT2D eigenvalue weighted by atomic mass is 10.1. The van der Waals surface area contributed by atoms with Gasteiger partial charge < -0.3 is 9.72 Å². The summed E-state index contributed by atoms with van der Waals surface area (Å²) in [6.45, 7) is 0. The number of ether oxygens (including phenoxy) is 1. The van der Waals surface area contributed by atoms with Crippen LogP contribution in [0.5, 0.6) is 0 Å². The molecule has 0 atom stereocenters. The molecule has 23 heavy (non-hydrogen) atoms. The highest BCUT2D eigenvalue weighted by Gasteiger charge is 2.12. The average Bonchev–Trinajstić information content (AvgIpc) is 2.53. The van der Waals surface area contributed by atoms with Crippen molar-refractivity contribution in [1.29, 1.82) is 0 Å². The van der Waals surface area contributed by atoms with Gasteiger partial charge in [-0.2, -0.15) is 0 Å². The fourth-order valence-corrected chi connectivity index (χ4v) is 2.31. The lowest BCUT2D eigenvalue weighted by molar-refractivity contribution is 0.0601. The molecule has 0 aliphatic carbocycles. The molecule has 2 aromatic carbocycles. The third-order valence-corrected chi connectivity index (χ3v) is 3.39. The number of nitrogens with zero attached hydrogens (tertiary/aromatic N) is 1. The third-order valence-electron chi connectivity index (χ3n) is 3.39. The Labute approximate surface area is 128 Å². The molecule has 0 aliphatic rings. The van der Waals surface area contributed by atoms with Crippen LogP contribution in [0, 0.1) is 5.82 Å². The molecule has 0 bridgehead atoms. The summed E-state index contributed by atoms with van der Waals surface area (Å²) in [6.07, 6.45) is 0. The van der Waals surface area contributed by atoms with Crippen LogP contribution in [-0.2, 0) is 4.74 Å². The topological polar surface area (TPSA) is 81.2 Å². The van der Waals surface area contributed by atoms with Gasteiger partial charge in [0.05, 0.1) is 29.3 Å². The number of aromatic nitrogens is 2. The van der Waals surface area contributed by atoms with E-state index in [2.05, 4.69) is 9.72 Å². The van der Waals surface area contributed by atoms with Gasteiger partial charge in [0.1, 0.15) is 5.82 Å². The van der Waals surface area contributed by atoms with Crippen molar-refractivity contribution in [1.82, 2.24) is 9.55 Å². The molecule has 6 nitrogen and oxygen atoms in total. The maximum Gasteiger partial charge on any atom is 0.337 e. The highest BCUT2D eigenvalue weighted by molar-refractivity contribution is 5.93. The van der Waals surface area contributed by atoms with E-state index >= 15 is 0 Å². The molecule has 7 heteroatoms. The number of carbonyl (C=O) groups excluding carboxylic acids is 1. The highest BCUT2D eigenvalue weighted by atomic mass is 19.1. The van der Waals surface area contributed by atoms with Crippen LogP contribution in [-0.4, -0.2) is 22.6 Å². The van der Waals surface area contributed by atoms with Gasteiger partial charge in [-0.25, -0.2) is 18.5 Å². The van der Waals surface area contributed by atoms with Crippen LogP contribution in [0.25, 0.3) is 16.6 Å². The molecule has 1 heterocycles. The van der Waals surface area contributed by atoms with E-state index in [0.29, 0.717) is 0 Å². The summed E-state index contributed by atoms with van der Waals surface area (Å²) in [5, 5.41) is 0.196. The lowest BCUT2D eigenvalue weighted by Gasteiger charge is -2.07. The van der Waals surface area contributed by atoms with Crippen molar-refractivity contribution in [3.63, 3.8) is 0 Å². The number of aromatic amines is 1. The Morgan fingerprint density at radius 3 is 2.65 bits per heavy atom. The van der Waals surface area contributed by atoms with Crippen LogP contribution >= 0.6 is 0 Å². The van der Waals surface area contributed by atoms with E-state index in [1.165, 1.54) is 43.5 Å². The minimum atomic E-state index is -0.727. The Hall–Kier alpha value is -3.22. The average molecular weight is 314 g/mol. The number of methoxy groups -OCH3 is 1. The number of hydrogen-bond donors (Lipinski definition) is 1. The summed E-state index contributed by atoms with van der Waals surface area (Å²) in [5.41, 5.74) is -0.801. The number of fused-ring (bicyclic) bond motifs is 1. The van der Waals surface area contributed by atoms with Crippen molar-refractivity contribution in [2.24, 2.45) is 0 Å². The van der Waals surface area contributed by atoms with Crippen LogP contribution in [0.15, 0.2) is 52.1 Å². The molecule has 3 aromatic rings. The van der Waals surface area contributed by atoms with Crippen LogP contribution in [0.2, 0.25) is 0 Å². The Kier molecular flexibility index (Phi) is 3.53. The highest BCUT2D eigenvalue weighted by Crippen LogP contribution is 2.12. The van der Waals surface area contributed by atoms with E-state index < -0.39 is 23.0 Å². The van der Waals surface area contributed by atoms with Gasteiger partial charge >= 0.3 is 11.7 Å². The molecule has 0 aliphatic heterocycles. The van der Waals surface area contributed by atoms with Crippen molar-refractivity contribution in [2.45, 2.75) is 0 Å². The summed E-state index contributed by atoms with van der Waals surface area (Å²) in [4.78, 5) is 38.7. The Bertz CT molecular complexity index is 1040. The van der Waals surface area contributed by atoms with Crippen molar-refractivity contribution in [2.75, 3.05) is 7.11 Å². The first-order chi connectivity index (χ1) is 11.0. The molecule has 0 saturated heterocycles. The zero-order valence-electron chi connectivity index (χ0n) is 12.0. The number of hydrogen-bond acceptors (Lipinski definition) is 4. The number of benzene rings is 2. The second-order valence-electron chi connectivity index (χ2n) is 4.80. The van der Waals surface area contributed by atoms with Gasteiger partial charge in [-0.3, -0.25) is 4.79 Å². The minimum Gasteiger partial charge on any atom is -0.465 e. The van der Waals surface area contributed by atoms with E-state index in [-0.39, 0.29) is 22.2 Å². The van der Waals surface area contributed by atoms with Crippen molar-refractivity contribution in [3.05, 3.63) is 74.7 Å². The number of H-pyrrole nitrogens is 1. The summed E-state index contributed by atoms with van der Waals surface area (Å²) < 4.78 is 18.8. The van der Waals surface area contributed by atoms with E-state index in [0.717, 1.165) is 10.6 Å². The maximum absolute atomic E-state index is 13.3. The molecular weight excluding hydrogens is 303 g/mol. The number of rotatable bonds is 2. The predicted octanol–water partition coefficient (Wildman–Crippen LogP) is 1.60. The van der Waals surface area contributed by atoms with Crippen LogP contribution in [0.4, 0.5) is 4.39 Å². The summed E-state index contributed by atoms with van der Waals surface area (Å²) in [6, 6.07) is 9.35. The van der Waals surface area contributed by atoms with E-state index in [1.54, 1.807) is 0 Å². The van der Waals surface area contributed by atoms with Gasteiger partial charge in [0.2, 0.25) is 0 Å². The molecule has 1 aromatic heterocycles. The summed E-state index contributed by atoms with van der Waals surface area (Å²) in [7, 11) is 1.23. The molecule has 1 N–H and O–H groups in total. The van der Waals surface area contributed by atoms with Gasteiger partial charge in [-0.15, -0.1) is 0 Å². The van der Waals surface area contributed by atoms with Gasteiger partial charge in [0, 0.05) is 0 Å². The molecular formula is C16H11FN2O4. The molecule has 3 rings (SSSR count). The van der Waals surface area contributed by atoms with Crippen LogP contribution < -0.4 is 11.2 Å². The zero-order valence-corrected chi connectivity index (χ0v) is 12.0. The Morgan fingerprint density at radius 2 is 1.96 bits per heavy atom. The van der Waals surface area contributed by atoms with Crippen LogP contribution in [0.3, 0.4) is 0 Å². The molecule has 0 spiro atoms. The summed E-state index contributed by atoms with van der Waals surface area (Å²) >= 11 is 0. The first-order valence-corrected chi connectivity index (χ1v) is 6.64. The second kappa shape index (κ2) is 5.53. The fraction of sp³-hybridized carbons (Fsp3) is 0.0625. The number of halogens is 1. The lowest BCUT2D eigenvalue weighted by Crippen LogP contribution is -2.33. The fourth-order valence-electron chi connectivity index (χ4n) is 2.31. The van der Waals surface area contributed by atoms with E-state index in [4.69, 9.17) is 0 Å². The van der Waals surface area contributed by atoms with Crippen molar-refractivity contribution < 1.29 is 13.9 Å². The Morgan fingerprint density at radius 1 is 1.17 bits per heavy atom. The quantitative estimate of drug-likeness (QED) is 0.729. The predicted molar refractivity (Wildman–Crippen MR) is 81.5 cm³/mol. The first kappa shape index (κ1) is 14.7.